The van der Waals surface area contributed by atoms with E-state index in [0.29, 0.717) is 42.6 Å². The van der Waals surface area contributed by atoms with E-state index in [1.165, 1.54) is 16.3 Å². The Morgan fingerprint density at radius 1 is 1.06 bits per heavy atom. The van der Waals surface area contributed by atoms with E-state index >= 15 is 0 Å². The molecule has 1 saturated heterocycles. The summed E-state index contributed by atoms with van der Waals surface area (Å²) in [5.74, 6) is -0.360. The Hall–Kier alpha value is -2.56. The van der Waals surface area contributed by atoms with Gasteiger partial charge in [-0.2, -0.15) is 5.10 Å². The Morgan fingerprint density at radius 3 is 2.56 bits per heavy atom. The van der Waals surface area contributed by atoms with Crippen molar-refractivity contribution >= 4 is 51.8 Å². The van der Waals surface area contributed by atoms with E-state index in [2.05, 4.69) is 4.90 Å². The minimum atomic E-state index is -0.318. The minimum Gasteiger partial charge on any atom is -0.379 e. The third-order valence-electron chi connectivity index (χ3n) is 6.37. The monoisotopic (exact) mass is 542 g/mol. The summed E-state index contributed by atoms with van der Waals surface area (Å²) in [5, 5.41) is 10.7. The van der Waals surface area contributed by atoms with Crippen molar-refractivity contribution in [2.24, 2.45) is 5.10 Å². The van der Waals surface area contributed by atoms with Gasteiger partial charge >= 0.3 is 0 Å². The van der Waals surface area contributed by atoms with E-state index in [1.54, 1.807) is 22.3 Å². The van der Waals surface area contributed by atoms with Crippen molar-refractivity contribution in [2.45, 2.75) is 12.5 Å². The first-order valence-electron chi connectivity index (χ1n) is 11.9. The largest absolute Gasteiger partial charge is 0.379 e. The average molecular weight is 543 g/mol. The van der Waals surface area contributed by atoms with E-state index in [4.69, 9.17) is 21.4 Å². The van der Waals surface area contributed by atoms with Crippen LogP contribution in [0.4, 0.5) is 0 Å². The molecule has 1 atom stereocenters. The number of morpholine rings is 1. The van der Waals surface area contributed by atoms with Crippen LogP contribution in [-0.4, -0.2) is 78.3 Å². The Kier molecular flexibility index (Phi) is 8.13. The molecule has 2 amide bonds. The van der Waals surface area contributed by atoms with Gasteiger partial charge in [0, 0.05) is 37.6 Å². The third-order valence-corrected chi connectivity index (χ3v) is 8.49. The molecule has 0 spiro atoms. The van der Waals surface area contributed by atoms with E-state index in [1.807, 2.05) is 53.2 Å². The lowest BCUT2D eigenvalue weighted by Gasteiger charge is -2.31. The first-order chi connectivity index (χ1) is 17.6. The Labute approximate surface area is 223 Å². The predicted octanol–water partition coefficient (Wildman–Crippen LogP) is 4.62. The zero-order valence-electron chi connectivity index (χ0n) is 19.7. The van der Waals surface area contributed by atoms with Crippen LogP contribution in [0.5, 0.6) is 0 Å². The number of carbonyl (C=O) groups excluding carboxylic acids is 2. The molecule has 1 unspecified atom stereocenters. The maximum absolute atomic E-state index is 13.7. The van der Waals surface area contributed by atoms with Crippen molar-refractivity contribution in [3.63, 3.8) is 0 Å². The maximum atomic E-state index is 13.7. The molecule has 10 heteroatoms. The van der Waals surface area contributed by atoms with Gasteiger partial charge in [-0.3, -0.25) is 14.5 Å². The van der Waals surface area contributed by atoms with Crippen LogP contribution >= 0.6 is 34.3 Å². The van der Waals surface area contributed by atoms with Crippen molar-refractivity contribution in [2.75, 3.05) is 45.9 Å². The molecule has 2 aliphatic rings. The van der Waals surface area contributed by atoms with Crippen LogP contribution in [0.2, 0.25) is 5.02 Å². The fraction of sp³-hybridized carbons (Fsp3) is 0.346. The fourth-order valence-electron chi connectivity index (χ4n) is 4.45. The molecule has 2 aliphatic heterocycles. The van der Waals surface area contributed by atoms with E-state index in [0.717, 1.165) is 29.2 Å². The first-order valence-corrected chi connectivity index (χ1v) is 14.0. The second-order valence-electron chi connectivity index (χ2n) is 8.66. The second-order valence-corrected chi connectivity index (χ2v) is 11.0. The maximum Gasteiger partial charge on any atom is 0.264 e. The molecule has 0 aliphatic carbocycles. The van der Waals surface area contributed by atoms with Gasteiger partial charge in [-0.15, -0.1) is 22.7 Å². The van der Waals surface area contributed by atoms with Crippen LogP contribution in [0.3, 0.4) is 0 Å². The molecule has 36 heavy (non-hydrogen) atoms. The van der Waals surface area contributed by atoms with Crippen molar-refractivity contribution < 1.29 is 14.3 Å². The quantitative estimate of drug-likeness (QED) is 0.417. The molecule has 4 heterocycles. The van der Waals surface area contributed by atoms with E-state index in [-0.39, 0.29) is 24.4 Å². The van der Waals surface area contributed by atoms with Crippen molar-refractivity contribution in [3.05, 3.63) is 79.6 Å². The second kappa shape index (κ2) is 11.7. The van der Waals surface area contributed by atoms with Crippen molar-refractivity contribution in [3.8, 4) is 0 Å². The fourth-order valence-corrected chi connectivity index (χ4v) is 6.12. The van der Waals surface area contributed by atoms with E-state index in [9.17, 15) is 9.59 Å². The number of amides is 2. The number of thiophene rings is 2. The normalized spacial score (nSPS) is 18.3. The van der Waals surface area contributed by atoms with Gasteiger partial charge in [0.2, 0.25) is 0 Å². The standard InChI is InChI=1S/C26H27ClN4O3S2/c27-20-6-2-1-5-19(20)22-17-21(23-7-3-15-35-23)28-31(22)25(32)18-30(26(33)24-8-4-16-36-24)10-9-29-11-13-34-14-12-29/h1-8,15-16,22H,9-14,17-18H2. The van der Waals surface area contributed by atoms with Crippen molar-refractivity contribution in [1.82, 2.24) is 14.8 Å². The van der Waals surface area contributed by atoms with Gasteiger partial charge in [0.05, 0.1) is 34.7 Å². The number of hydrogen-bond acceptors (Lipinski definition) is 7. The van der Waals surface area contributed by atoms with Crippen LogP contribution in [0.15, 0.2) is 64.4 Å². The molecule has 2 aromatic heterocycles. The molecule has 0 N–H and O–H groups in total. The summed E-state index contributed by atoms with van der Waals surface area (Å²) in [6, 6.07) is 14.9. The third kappa shape index (κ3) is 5.71. The molecule has 5 rings (SSSR count). The van der Waals surface area contributed by atoms with Gasteiger partial charge in [0.1, 0.15) is 6.54 Å². The van der Waals surface area contributed by atoms with Crippen LogP contribution in [0.25, 0.3) is 0 Å². The molecular formula is C26H27ClN4O3S2. The van der Waals surface area contributed by atoms with Gasteiger partial charge in [0.25, 0.3) is 11.8 Å². The number of benzene rings is 1. The van der Waals surface area contributed by atoms with Crippen LogP contribution in [-0.2, 0) is 9.53 Å². The summed E-state index contributed by atoms with van der Waals surface area (Å²) in [6.45, 7) is 4.11. The van der Waals surface area contributed by atoms with Gasteiger partial charge in [0.15, 0.2) is 0 Å². The number of rotatable bonds is 8. The first kappa shape index (κ1) is 25.1. The Balaban J connectivity index is 1.38. The smallest absolute Gasteiger partial charge is 0.264 e. The summed E-state index contributed by atoms with van der Waals surface area (Å²) in [6.07, 6.45) is 0.572. The number of carbonyl (C=O) groups is 2. The lowest BCUT2D eigenvalue weighted by molar-refractivity contribution is -0.133. The summed E-state index contributed by atoms with van der Waals surface area (Å²) >= 11 is 9.52. The highest BCUT2D eigenvalue weighted by molar-refractivity contribution is 7.12. The molecule has 1 fully saturated rings. The molecule has 0 bridgehead atoms. The predicted molar refractivity (Wildman–Crippen MR) is 144 cm³/mol. The summed E-state index contributed by atoms with van der Waals surface area (Å²) in [5.41, 5.74) is 1.71. The highest BCUT2D eigenvalue weighted by Crippen LogP contribution is 2.37. The molecule has 0 saturated carbocycles. The van der Waals surface area contributed by atoms with E-state index < -0.39 is 0 Å². The lowest BCUT2D eigenvalue weighted by Crippen LogP contribution is -2.46. The zero-order chi connectivity index (χ0) is 24.9. The number of hydrogen-bond donors (Lipinski definition) is 0. The minimum absolute atomic E-state index is 0.0523. The van der Waals surface area contributed by atoms with Crippen LogP contribution < -0.4 is 0 Å². The number of hydrazone groups is 1. The summed E-state index contributed by atoms with van der Waals surface area (Å²) in [7, 11) is 0. The molecule has 3 aromatic rings. The number of nitrogens with zero attached hydrogens (tertiary/aromatic N) is 4. The molecule has 0 radical (unpaired) electrons. The molecule has 7 nitrogen and oxygen atoms in total. The van der Waals surface area contributed by atoms with Gasteiger partial charge in [-0.05, 0) is 34.5 Å². The van der Waals surface area contributed by atoms with Gasteiger partial charge in [-0.1, -0.05) is 41.9 Å². The van der Waals surface area contributed by atoms with Gasteiger partial charge < -0.3 is 9.64 Å². The molecule has 188 valence electrons. The molecule has 1 aromatic carbocycles. The number of ether oxygens (including phenoxy) is 1. The van der Waals surface area contributed by atoms with Crippen molar-refractivity contribution in [1.29, 1.82) is 0 Å². The SMILES string of the molecule is O=C(c1cccs1)N(CCN1CCOCC1)CC(=O)N1N=C(c2cccs2)CC1c1ccccc1Cl. The number of halogens is 1. The summed E-state index contributed by atoms with van der Waals surface area (Å²) in [4.78, 5) is 32.7. The summed E-state index contributed by atoms with van der Waals surface area (Å²) < 4.78 is 5.44. The lowest BCUT2D eigenvalue weighted by atomic mass is 10.0. The highest BCUT2D eigenvalue weighted by Gasteiger charge is 2.36. The topological polar surface area (TPSA) is 65.5 Å². The van der Waals surface area contributed by atoms with Gasteiger partial charge in [-0.25, -0.2) is 5.01 Å². The highest BCUT2D eigenvalue weighted by atomic mass is 35.5. The zero-order valence-corrected chi connectivity index (χ0v) is 22.1. The average Bonchev–Trinajstić information content (AvgIpc) is 3.68. The van der Waals surface area contributed by atoms with Crippen LogP contribution in [0, 0.1) is 0 Å². The Bertz CT molecular complexity index is 1210. The van der Waals surface area contributed by atoms with Crippen LogP contribution in [0.1, 0.15) is 32.6 Å². The molecular weight excluding hydrogens is 516 g/mol. The Morgan fingerprint density at radius 2 is 1.83 bits per heavy atom.